The van der Waals surface area contributed by atoms with E-state index in [0.717, 1.165) is 10.2 Å². The number of ether oxygens (including phenoxy) is 1. The first-order chi connectivity index (χ1) is 6.20. The molecule has 0 unspecified atom stereocenters. The van der Waals surface area contributed by atoms with Crippen molar-refractivity contribution in [1.29, 1.82) is 0 Å². The summed E-state index contributed by atoms with van der Waals surface area (Å²) in [5.41, 5.74) is 1.05. The van der Waals surface area contributed by atoms with E-state index in [1.54, 1.807) is 13.1 Å². The minimum Gasteiger partial charge on any atom is -0.468 e. The highest BCUT2D eigenvalue weighted by Gasteiger charge is 1.82. The number of rotatable bonds is 2. The predicted molar refractivity (Wildman–Crippen MR) is 54.4 cm³/mol. The zero-order chi connectivity index (χ0) is 10.1. The van der Waals surface area contributed by atoms with Gasteiger partial charge in [0.05, 0.1) is 6.61 Å². The van der Waals surface area contributed by atoms with Crippen LogP contribution >= 0.6 is 15.9 Å². The molecule has 0 spiro atoms. The van der Waals surface area contributed by atoms with Crippen LogP contribution in [0.15, 0.2) is 22.8 Å². The molecule has 3 nitrogen and oxygen atoms in total. The topological polar surface area (TPSA) is 39.2 Å². The van der Waals surface area contributed by atoms with Crippen molar-refractivity contribution in [1.82, 2.24) is 4.98 Å². The Morgan fingerprint density at radius 1 is 1.62 bits per heavy atom. The molecule has 1 heterocycles. The quantitative estimate of drug-likeness (QED) is 0.752. The summed E-state index contributed by atoms with van der Waals surface area (Å²) in [6, 6.07) is 3.94. The van der Waals surface area contributed by atoms with Gasteiger partial charge in [-0.15, -0.1) is 0 Å². The van der Waals surface area contributed by atoms with Gasteiger partial charge >= 0.3 is 0 Å². The third-order valence-corrected chi connectivity index (χ3v) is 1.58. The third kappa shape index (κ3) is 7.46. The molecule has 0 radical (unpaired) electrons. The predicted octanol–water partition coefficient (Wildman–Crippen LogP) is 2.33. The van der Waals surface area contributed by atoms with Crippen LogP contribution in [0.25, 0.3) is 0 Å². The van der Waals surface area contributed by atoms with E-state index >= 15 is 0 Å². The first-order valence-corrected chi connectivity index (χ1v) is 4.63. The fraction of sp³-hybridized carbons (Fsp3) is 0.333. The van der Waals surface area contributed by atoms with E-state index in [1.807, 2.05) is 19.1 Å². The number of aryl methyl sites for hydroxylation is 1. The van der Waals surface area contributed by atoms with Gasteiger partial charge in [-0.2, -0.15) is 0 Å². The van der Waals surface area contributed by atoms with Crippen molar-refractivity contribution in [2.75, 3.05) is 6.61 Å². The monoisotopic (exact) mass is 245 g/mol. The van der Waals surface area contributed by atoms with Gasteiger partial charge in [0, 0.05) is 16.4 Å². The van der Waals surface area contributed by atoms with E-state index in [4.69, 9.17) is 0 Å². The van der Waals surface area contributed by atoms with Crippen molar-refractivity contribution in [3.8, 4) is 0 Å². The smallest absolute Gasteiger partial charge is 0.293 e. The average molecular weight is 246 g/mol. The molecule has 0 saturated heterocycles. The molecule has 0 aliphatic heterocycles. The number of hydrogen-bond donors (Lipinski definition) is 0. The Balaban J connectivity index is 0.000000252. The van der Waals surface area contributed by atoms with E-state index in [0.29, 0.717) is 13.1 Å². The lowest BCUT2D eigenvalue weighted by atomic mass is 10.4. The van der Waals surface area contributed by atoms with Gasteiger partial charge in [-0.25, -0.2) is 0 Å². The van der Waals surface area contributed by atoms with Crippen LogP contribution < -0.4 is 0 Å². The molecule has 1 aromatic heterocycles. The Morgan fingerprint density at radius 2 is 2.31 bits per heavy atom. The summed E-state index contributed by atoms with van der Waals surface area (Å²) in [7, 11) is 0. The summed E-state index contributed by atoms with van der Waals surface area (Å²) in [6.45, 7) is 4.63. The number of carbonyl (C=O) groups excluding carboxylic acids is 1. The zero-order valence-corrected chi connectivity index (χ0v) is 9.24. The Kier molecular flexibility index (Phi) is 7.20. The molecule has 0 bridgehead atoms. The molecule has 0 amide bonds. The maximum absolute atomic E-state index is 9.18. The maximum atomic E-state index is 9.18. The van der Waals surface area contributed by atoms with E-state index in [-0.39, 0.29) is 0 Å². The van der Waals surface area contributed by atoms with Crippen LogP contribution in [0.4, 0.5) is 0 Å². The molecule has 0 fully saturated rings. The molecular weight excluding hydrogens is 234 g/mol. The largest absolute Gasteiger partial charge is 0.468 e. The van der Waals surface area contributed by atoms with Crippen LogP contribution in [0.2, 0.25) is 0 Å². The number of halogens is 1. The van der Waals surface area contributed by atoms with E-state index in [1.165, 1.54) is 0 Å². The summed E-state index contributed by atoms with van der Waals surface area (Å²) in [5, 5.41) is 0. The van der Waals surface area contributed by atoms with Crippen LogP contribution in [-0.2, 0) is 9.53 Å². The second kappa shape index (κ2) is 7.73. The lowest BCUT2D eigenvalue weighted by Gasteiger charge is -1.87. The number of pyridine rings is 1. The Bertz CT molecular complexity index is 215. The highest BCUT2D eigenvalue weighted by Crippen LogP contribution is 2.05. The molecule has 13 heavy (non-hydrogen) atoms. The van der Waals surface area contributed by atoms with Crippen LogP contribution in [0, 0.1) is 6.92 Å². The van der Waals surface area contributed by atoms with Crippen molar-refractivity contribution in [2.24, 2.45) is 0 Å². The van der Waals surface area contributed by atoms with Gasteiger partial charge in [0.1, 0.15) is 0 Å². The standard InChI is InChI=1S/C6H6BrN.C3H6O2/c1-5-2-3-6(7)4-8-5;1-2-5-3-4/h2-4H,1H3;3H,2H2,1H3. The van der Waals surface area contributed by atoms with Crippen LogP contribution in [-0.4, -0.2) is 18.1 Å². The SMILES string of the molecule is CCOC=O.Cc1ccc(Br)cn1. The maximum Gasteiger partial charge on any atom is 0.293 e. The molecule has 0 saturated carbocycles. The van der Waals surface area contributed by atoms with Gasteiger partial charge in [-0.1, -0.05) is 0 Å². The van der Waals surface area contributed by atoms with Gasteiger partial charge in [0.15, 0.2) is 0 Å². The molecule has 1 aromatic rings. The van der Waals surface area contributed by atoms with Crippen molar-refractivity contribution in [2.45, 2.75) is 13.8 Å². The number of nitrogens with zero attached hydrogens (tertiary/aromatic N) is 1. The molecule has 0 aromatic carbocycles. The number of aromatic nitrogens is 1. The molecule has 0 aliphatic rings. The first-order valence-electron chi connectivity index (χ1n) is 3.84. The molecule has 72 valence electrons. The van der Waals surface area contributed by atoms with Crippen LogP contribution in [0.3, 0.4) is 0 Å². The van der Waals surface area contributed by atoms with E-state index in [2.05, 4.69) is 25.7 Å². The van der Waals surface area contributed by atoms with E-state index < -0.39 is 0 Å². The molecule has 1 rings (SSSR count). The second-order valence-corrected chi connectivity index (χ2v) is 3.09. The van der Waals surface area contributed by atoms with Gasteiger partial charge < -0.3 is 4.74 Å². The van der Waals surface area contributed by atoms with Gasteiger partial charge in [-0.3, -0.25) is 9.78 Å². The minimum absolute atomic E-state index is 0.431. The molecule has 0 N–H and O–H groups in total. The van der Waals surface area contributed by atoms with Crippen molar-refractivity contribution in [3.63, 3.8) is 0 Å². The van der Waals surface area contributed by atoms with Gasteiger partial charge in [-0.05, 0) is 41.9 Å². The van der Waals surface area contributed by atoms with Crippen molar-refractivity contribution >= 4 is 22.4 Å². The second-order valence-electron chi connectivity index (χ2n) is 2.17. The fourth-order valence-corrected chi connectivity index (χ4v) is 0.752. The Labute approximate surface area is 86.3 Å². The lowest BCUT2D eigenvalue weighted by molar-refractivity contribution is -0.128. The molecule has 0 atom stereocenters. The summed E-state index contributed by atoms with van der Waals surface area (Å²) in [5.74, 6) is 0. The van der Waals surface area contributed by atoms with E-state index in [9.17, 15) is 4.79 Å². The van der Waals surface area contributed by atoms with Crippen molar-refractivity contribution < 1.29 is 9.53 Å². The summed E-state index contributed by atoms with van der Waals surface area (Å²) >= 11 is 3.28. The third-order valence-electron chi connectivity index (χ3n) is 1.11. The van der Waals surface area contributed by atoms with Crippen LogP contribution in [0.5, 0.6) is 0 Å². The zero-order valence-electron chi connectivity index (χ0n) is 7.66. The lowest BCUT2D eigenvalue weighted by Crippen LogP contribution is -1.80. The Hall–Kier alpha value is -0.900. The van der Waals surface area contributed by atoms with Crippen LogP contribution in [0.1, 0.15) is 12.6 Å². The molecule has 0 aliphatic carbocycles. The molecular formula is C9H12BrNO2. The summed E-state index contributed by atoms with van der Waals surface area (Å²) in [4.78, 5) is 13.2. The molecule has 4 heteroatoms. The summed E-state index contributed by atoms with van der Waals surface area (Å²) < 4.78 is 5.18. The highest BCUT2D eigenvalue weighted by atomic mass is 79.9. The fourth-order valence-electron chi connectivity index (χ4n) is 0.518. The number of hydrogen-bond acceptors (Lipinski definition) is 3. The van der Waals surface area contributed by atoms with Crippen molar-refractivity contribution in [3.05, 3.63) is 28.5 Å². The normalized spacial score (nSPS) is 8.23. The van der Waals surface area contributed by atoms with Gasteiger partial charge in [0.2, 0.25) is 0 Å². The Morgan fingerprint density at radius 3 is 2.54 bits per heavy atom. The minimum atomic E-state index is 0.431. The van der Waals surface area contributed by atoms with Gasteiger partial charge in [0.25, 0.3) is 6.47 Å². The summed E-state index contributed by atoms with van der Waals surface area (Å²) in [6.07, 6.45) is 1.79. The number of carbonyl (C=O) groups is 1. The first kappa shape index (κ1) is 12.1. The average Bonchev–Trinajstić information content (AvgIpc) is 2.13. The highest BCUT2D eigenvalue weighted by molar-refractivity contribution is 9.10.